The average Bonchev–Trinajstić information content (AvgIpc) is 2.92. The Hall–Kier alpha value is -1.36. The maximum Gasteiger partial charge on any atom is 0.340 e. The van der Waals surface area contributed by atoms with Crippen LogP contribution in [0.15, 0.2) is 33.2 Å². The summed E-state index contributed by atoms with van der Waals surface area (Å²) in [5.41, 5.74) is 1.10. The van der Waals surface area contributed by atoms with Crippen molar-refractivity contribution in [3.63, 3.8) is 0 Å². The summed E-state index contributed by atoms with van der Waals surface area (Å²) < 4.78 is 6.34. The Morgan fingerprint density at radius 3 is 2.81 bits per heavy atom. The van der Waals surface area contributed by atoms with E-state index in [9.17, 15) is 4.79 Å². The minimum Gasteiger partial charge on any atom is -0.465 e. The summed E-state index contributed by atoms with van der Waals surface area (Å²) in [6, 6.07) is 9.32. The van der Waals surface area contributed by atoms with Gasteiger partial charge in [0.1, 0.15) is 10.9 Å². The predicted octanol–water partition coefficient (Wildman–Crippen LogP) is 4.54. The minimum atomic E-state index is -0.414. The van der Waals surface area contributed by atoms with Crippen LogP contribution < -0.4 is 5.32 Å². The van der Waals surface area contributed by atoms with Crippen LogP contribution in [0.4, 0.5) is 5.69 Å². The number of rotatable bonds is 4. The molecule has 2 rings (SSSR count). The molecule has 2 aromatic rings. The number of carbonyl (C=O) groups excluding carboxylic acids is 1. The molecule has 0 unspecified atom stereocenters. The van der Waals surface area contributed by atoms with Crippen molar-refractivity contribution < 1.29 is 9.53 Å². The molecule has 0 spiro atoms. The van der Waals surface area contributed by atoms with Crippen molar-refractivity contribution in [1.29, 1.82) is 5.26 Å². The molecular formula is C14H10Br2N2O2S. The van der Waals surface area contributed by atoms with E-state index in [1.165, 1.54) is 18.4 Å². The number of nitriles is 1. The molecule has 1 heterocycles. The number of hydrogen-bond acceptors (Lipinski definition) is 5. The summed E-state index contributed by atoms with van der Waals surface area (Å²) in [6.45, 7) is 0.524. The largest absolute Gasteiger partial charge is 0.465 e. The lowest BCUT2D eigenvalue weighted by molar-refractivity contribution is 0.0601. The molecule has 0 radical (unpaired) electrons. The smallest absolute Gasteiger partial charge is 0.340 e. The predicted molar refractivity (Wildman–Crippen MR) is 89.5 cm³/mol. The van der Waals surface area contributed by atoms with Gasteiger partial charge in [0.05, 0.1) is 18.4 Å². The van der Waals surface area contributed by atoms with Gasteiger partial charge in [-0.05, 0) is 40.2 Å². The van der Waals surface area contributed by atoms with E-state index in [0.29, 0.717) is 22.7 Å². The highest BCUT2D eigenvalue weighted by atomic mass is 79.9. The number of methoxy groups -OCH3 is 1. The molecule has 0 saturated heterocycles. The molecule has 1 aromatic heterocycles. The number of anilines is 1. The first-order valence-corrected chi connectivity index (χ1v) is 8.25. The van der Waals surface area contributed by atoms with Gasteiger partial charge < -0.3 is 10.1 Å². The molecule has 0 aliphatic carbocycles. The second-order valence-electron chi connectivity index (χ2n) is 4.03. The Balaban J connectivity index is 2.26. The topological polar surface area (TPSA) is 62.1 Å². The van der Waals surface area contributed by atoms with Gasteiger partial charge in [-0.2, -0.15) is 5.26 Å². The average molecular weight is 430 g/mol. The SMILES string of the molecule is COC(=O)c1cc(Br)cc(Br)c1NCc1ccc(C#N)s1. The van der Waals surface area contributed by atoms with Gasteiger partial charge >= 0.3 is 5.97 Å². The van der Waals surface area contributed by atoms with Gasteiger partial charge in [-0.25, -0.2) is 4.79 Å². The number of hydrogen-bond donors (Lipinski definition) is 1. The minimum absolute atomic E-state index is 0.414. The molecular weight excluding hydrogens is 420 g/mol. The number of ether oxygens (including phenoxy) is 1. The van der Waals surface area contributed by atoms with Crippen LogP contribution >= 0.6 is 43.2 Å². The summed E-state index contributed by atoms with van der Waals surface area (Å²) >= 11 is 8.21. The molecule has 0 aliphatic rings. The number of benzene rings is 1. The van der Waals surface area contributed by atoms with Gasteiger partial charge in [-0.1, -0.05) is 15.9 Å². The highest BCUT2D eigenvalue weighted by molar-refractivity contribution is 9.11. The maximum atomic E-state index is 11.9. The molecule has 7 heteroatoms. The van der Waals surface area contributed by atoms with Crippen molar-refractivity contribution in [2.45, 2.75) is 6.54 Å². The third kappa shape index (κ3) is 3.84. The zero-order chi connectivity index (χ0) is 15.4. The molecule has 0 saturated carbocycles. The van der Waals surface area contributed by atoms with Crippen molar-refractivity contribution in [2.24, 2.45) is 0 Å². The number of halogens is 2. The fourth-order valence-corrected chi connectivity index (χ4v) is 3.84. The third-order valence-electron chi connectivity index (χ3n) is 2.67. The number of nitrogens with zero attached hydrogens (tertiary/aromatic N) is 1. The van der Waals surface area contributed by atoms with Crippen molar-refractivity contribution in [3.8, 4) is 6.07 Å². The lowest BCUT2D eigenvalue weighted by Crippen LogP contribution is -2.08. The van der Waals surface area contributed by atoms with E-state index < -0.39 is 5.97 Å². The first-order chi connectivity index (χ1) is 10.0. The molecule has 0 bridgehead atoms. The highest BCUT2D eigenvalue weighted by Gasteiger charge is 2.16. The fraction of sp³-hybridized carbons (Fsp3) is 0.143. The zero-order valence-electron chi connectivity index (χ0n) is 10.9. The number of nitrogens with one attached hydrogen (secondary N) is 1. The Morgan fingerprint density at radius 2 is 2.19 bits per heavy atom. The van der Waals surface area contributed by atoms with Crippen molar-refractivity contribution in [2.75, 3.05) is 12.4 Å². The Morgan fingerprint density at radius 1 is 1.43 bits per heavy atom. The van der Waals surface area contributed by atoms with Crippen LogP contribution in [0.2, 0.25) is 0 Å². The molecule has 1 aromatic carbocycles. The van der Waals surface area contributed by atoms with Crippen LogP contribution in [0.1, 0.15) is 20.1 Å². The van der Waals surface area contributed by atoms with Gasteiger partial charge in [-0.15, -0.1) is 11.3 Å². The van der Waals surface area contributed by atoms with Crippen LogP contribution in [-0.4, -0.2) is 13.1 Å². The van der Waals surface area contributed by atoms with Gasteiger partial charge in [0.25, 0.3) is 0 Å². The third-order valence-corrected chi connectivity index (χ3v) is 4.74. The molecule has 1 N–H and O–H groups in total. The van der Waals surface area contributed by atoms with E-state index in [-0.39, 0.29) is 0 Å². The van der Waals surface area contributed by atoms with E-state index in [1.807, 2.05) is 12.1 Å². The number of esters is 1. The van der Waals surface area contributed by atoms with E-state index in [0.717, 1.165) is 13.8 Å². The lowest BCUT2D eigenvalue weighted by Gasteiger charge is -2.13. The number of thiophene rings is 1. The molecule has 0 atom stereocenters. The van der Waals surface area contributed by atoms with Gasteiger partial charge in [0.2, 0.25) is 0 Å². The Kier molecular flexibility index (Phi) is 5.39. The van der Waals surface area contributed by atoms with E-state index in [2.05, 4.69) is 43.2 Å². The quantitative estimate of drug-likeness (QED) is 0.724. The Labute approximate surface area is 143 Å². The van der Waals surface area contributed by atoms with Crippen LogP contribution in [0, 0.1) is 11.3 Å². The van der Waals surface area contributed by atoms with Crippen LogP contribution in [0.3, 0.4) is 0 Å². The molecule has 0 fully saturated rings. The standard InChI is InChI=1S/C14H10Br2N2O2S/c1-20-14(19)11-4-8(15)5-12(16)13(11)18-7-10-3-2-9(6-17)21-10/h2-5,18H,7H2,1H3. The second-order valence-corrected chi connectivity index (χ2v) is 6.97. The summed E-state index contributed by atoms with van der Waals surface area (Å²) in [7, 11) is 1.35. The van der Waals surface area contributed by atoms with Gasteiger partial charge in [0.15, 0.2) is 0 Å². The summed E-state index contributed by atoms with van der Waals surface area (Å²) in [5.74, 6) is -0.414. The number of carbonyl (C=O) groups is 1. The first kappa shape index (κ1) is 16.0. The lowest BCUT2D eigenvalue weighted by atomic mass is 10.2. The second kappa shape index (κ2) is 7.07. The van der Waals surface area contributed by atoms with E-state index >= 15 is 0 Å². The van der Waals surface area contributed by atoms with E-state index in [1.54, 1.807) is 12.1 Å². The van der Waals surface area contributed by atoms with E-state index in [4.69, 9.17) is 10.00 Å². The van der Waals surface area contributed by atoms with Gasteiger partial charge in [-0.3, -0.25) is 0 Å². The first-order valence-electron chi connectivity index (χ1n) is 5.85. The molecule has 4 nitrogen and oxygen atoms in total. The summed E-state index contributed by atoms with van der Waals surface area (Å²) in [5, 5.41) is 12.0. The fourth-order valence-electron chi connectivity index (χ4n) is 1.73. The normalized spacial score (nSPS) is 10.0. The van der Waals surface area contributed by atoms with Crippen LogP contribution in [-0.2, 0) is 11.3 Å². The van der Waals surface area contributed by atoms with Crippen molar-refractivity contribution in [3.05, 3.63) is 48.5 Å². The summed E-state index contributed by atoms with van der Waals surface area (Å²) in [4.78, 5) is 13.5. The van der Waals surface area contributed by atoms with Crippen LogP contribution in [0.25, 0.3) is 0 Å². The molecule has 0 amide bonds. The molecule has 21 heavy (non-hydrogen) atoms. The maximum absolute atomic E-state index is 11.9. The van der Waals surface area contributed by atoms with Crippen LogP contribution in [0.5, 0.6) is 0 Å². The van der Waals surface area contributed by atoms with Crippen molar-refractivity contribution in [1.82, 2.24) is 0 Å². The summed E-state index contributed by atoms with van der Waals surface area (Å²) in [6.07, 6.45) is 0. The Bertz CT molecular complexity index is 722. The van der Waals surface area contributed by atoms with Crippen molar-refractivity contribution >= 4 is 54.9 Å². The monoisotopic (exact) mass is 428 g/mol. The molecule has 0 aliphatic heterocycles. The molecule has 108 valence electrons. The van der Waals surface area contributed by atoms with Gasteiger partial charge in [0, 0.05) is 20.4 Å². The zero-order valence-corrected chi connectivity index (χ0v) is 14.9. The highest BCUT2D eigenvalue weighted by Crippen LogP contribution is 2.32.